The first kappa shape index (κ1) is 9.19. The largest absolute Gasteiger partial charge is 0.237 e. The molecule has 0 spiro atoms. The van der Waals surface area contributed by atoms with Crippen LogP contribution in [-0.2, 0) is 0 Å². The summed E-state index contributed by atoms with van der Waals surface area (Å²) in [5, 5.41) is 0.748. The van der Waals surface area contributed by atoms with Crippen molar-refractivity contribution in [3.05, 3.63) is 39.4 Å². The average Bonchev–Trinajstić information content (AvgIpc) is 2.51. The molecule has 1 heterocycles. The lowest BCUT2D eigenvalue weighted by atomic mass is 10.2. The molecule has 0 aliphatic rings. The fourth-order valence-corrected chi connectivity index (χ4v) is 2.66. The number of rotatable bonds is 1. The van der Waals surface area contributed by atoms with Crippen LogP contribution in [0.1, 0.15) is 0 Å². The fourth-order valence-electron chi connectivity index (χ4n) is 1.05. The van der Waals surface area contributed by atoms with Crippen LogP contribution in [0.15, 0.2) is 34.4 Å². The smallest absolute Gasteiger partial charge is 0.124 e. The van der Waals surface area contributed by atoms with Crippen molar-refractivity contribution < 1.29 is 0 Å². The maximum atomic E-state index is 5.88. The summed E-state index contributed by atoms with van der Waals surface area (Å²) in [4.78, 5) is 5.23. The number of benzene rings is 1. The van der Waals surface area contributed by atoms with Gasteiger partial charge in [-0.25, -0.2) is 4.98 Å². The van der Waals surface area contributed by atoms with Gasteiger partial charge in [-0.05, 0) is 33.6 Å². The first-order chi connectivity index (χ1) is 6.27. The van der Waals surface area contributed by atoms with E-state index in [4.69, 9.17) is 11.6 Å². The molecule has 1 nitrogen and oxygen atoms in total. The second kappa shape index (κ2) is 3.78. The Balaban J connectivity index is 2.53. The van der Waals surface area contributed by atoms with Gasteiger partial charge < -0.3 is 0 Å². The second-order valence-corrected chi connectivity index (χ2v) is 4.52. The van der Waals surface area contributed by atoms with Crippen LogP contribution < -0.4 is 0 Å². The van der Waals surface area contributed by atoms with E-state index in [1.807, 2.05) is 24.3 Å². The van der Waals surface area contributed by atoms with Gasteiger partial charge in [0.15, 0.2) is 0 Å². The molecule has 0 saturated carbocycles. The van der Waals surface area contributed by atoms with Gasteiger partial charge >= 0.3 is 0 Å². The molecule has 0 N–H and O–H groups in total. The Morgan fingerprint density at radius 3 is 2.85 bits per heavy atom. The molecule has 66 valence electrons. The maximum Gasteiger partial charge on any atom is 0.124 e. The van der Waals surface area contributed by atoms with Crippen molar-refractivity contribution in [1.29, 1.82) is 0 Å². The van der Waals surface area contributed by atoms with E-state index in [1.165, 1.54) is 0 Å². The number of hydrogen-bond donors (Lipinski definition) is 0. The summed E-state index contributed by atoms with van der Waals surface area (Å²) in [6.07, 6.45) is 0. The van der Waals surface area contributed by atoms with Gasteiger partial charge in [-0.2, -0.15) is 0 Å². The molecule has 0 aliphatic carbocycles. The third-order valence-corrected chi connectivity index (χ3v) is 3.59. The molecule has 0 fully saturated rings. The number of nitrogens with zero attached hydrogens (tertiary/aromatic N) is 1. The summed E-state index contributed by atoms with van der Waals surface area (Å²) in [6.45, 7) is 0. The summed E-state index contributed by atoms with van der Waals surface area (Å²) < 4.78 is 0.875. The normalized spacial score (nSPS) is 10.3. The van der Waals surface area contributed by atoms with Gasteiger partial charge in [-0.15, -0.1) is 11.3 Å². The van der Waals surface area contributed by atoms with Gasteiger partial charge in [0, 0.05) is 5.02 Å². The highest BCUT2D eigenvalue weighted by Gasteiger charge is 2.05. The van der Waals surface area contributed by atoms with Gasteiger partial charge in [-0.3, -0.25) is 0 Å². The Kier molecular flexibility index (Phi) is 2.67. The molecular formula is C9H5BrClNS. The van der Waals surface area contributed by atoms with Gasteiger partial charge in [0.05, 0.1) is 10.4 Å². The minimum absolute atomic E-state index is 0.748. The van der Waals surface area contributed by atoms with E-state index in [0.29, 0.717) is 0 Å². The molecule has 0 atom stereocenters. The van der Waals surface area contributed by atoms with Gasteiger partial charge in [0.1, 0.15) is 4.60 Å². The molecule has 0 saturated heterocycles. The highest BCUT2D eigenvalue weighted by Crippen LogP contribution is 2.32. The van der Waals surface area contributed by atoms with Gasteiger partial charge in [-0.1, -0.05) is 23.7 Å². The number of aromatic nitrogens is 1. The quantitative estimate of drug-likeness (QED) is 0.758. The molecule has 1 aromatic carbocycles. The van der Waals surface area contributed by atoms with E-state index < -0.39 is 0 Å². The van der Waals surface area contributed by atoms with Crippen molar-refractivity contribution in [3.63, 3.8) is 0 Å². The minimum Gasteiger partial charge on any atom is -0.237 e. The van der Waals surface area contributed by atoms with E-state index in [1.54, 1.807) is 16.8 Å². The zero-order chi connectivity index (χ0) is 9.26. The van der Waals surface area contributed by atoms with E-state index in [-0.39, 0.29) is 0 Å². The Morgan fingerprint density at radius 2 is 2.23 bits per heavy atom. The number of halogens is 2. The van der Waals surface area contributed by atoms with Crippen LogP contribution in [0.4, 0.5) is 0 Å². The number of thiazole rings is 1. The predicted molar refractivity (Wildman–Crippen MR) is 60.3 cm³/mol. The van der Waals surface area contributed by atoms with Crippen LogP contribution in [-0.4, -0.2) is 4.98 Å². The van der Waals surface area contributed by atoms with Gasteiger partial charge in [0.2, 0.25) is 0 Å². The van der Waals surface area contributed by atoms with Crippen LogP contribution in [0.2, 0.25) is 5.02 Å². The Bertz CT molecular complexity index is 427. The summed E-state index contributed by atoms with van der Waals surface area (Å²) >= 11 is 10.9. The molecule has 0 unspecified atom stereocenters. The summed E-state index contributed by atoms with van der Waals surface area (Å²) in [6, 6.07) is 7.74. The lowest BCUT2D eigenvalue weighted by molar-refractivity contribution is 1.37. The molecule has 2 rings (SSSR count). The Hall–Kier alpha value is -0.380. The second-order valence-electron chi connectivity index (χ2n) is 2.48. The molecule has 0 bridgehead atoms. The highest BCUT2D eigenvalue weighted by molar-refractivity contribution is 9.10. The predicted octanol–water partition coefficient (Wildman–Crippen LogP) is 4.23. The first-order valence-corrected chi connectivity index (χ1v) is 5.67. The standard InChI is InChI=1S/C9H5BrClNS/c10-9-8(13-5-12-9)6-2-1-3-7(11)4-6/h1-5H. The molecule has 13 heavy (non-hydrogen) atoms. The monoisotopic (exact) mass is 273 g/mol. The molecule has 0 radical (unpaired) electrons. The summed E-state index contributed by atoms with van der Waals surface area (Å²) in [5.74, 6) is 0. The summed E-state index contributed by atoms with van der Waals surface area (Å²) in [5.41, 5.74) is 2.90. The zero-order valence-corrected chi connectivity index (χ0v) is 9.66. The molecule has 4 heteroatoms. The topological polar surface area (TPSA) is 12.9 Å². The first-order valence-electron chi connectivity index (χ1n) is 3.62. The third-order valence-electron chi connectivity index (χ3n) is 1.61. The highest BCUT2D eigenvalue weighted by atomic mass is 79.9. The van der Waals surface area contributed by atoms with E-state index in [2.05, 4.69) is 20.9 Å². The average molecular weight is 275 g/mol. The van der Waals surface area contributed by atoms with E-state index in [0.717, 1.165) is 20.1 Å². The van der Waals surface area contributed by atoms with Crippen LogP contribution in [0.5, 0.6) is 0 Å². The fraction of sp³-hybridized carbons (Fsp3) is 0. The Morgan fingerprint density at radius 1 is 1.38 bits per heavy atom. The molecular weight excluding hydrogens is 270 g/mol. The molecule has 0 aliphatic heterocycles. The van der Waals surface area contributed by atoms with Crippen molar-refractivity contribution in [1.82, 2.24) is 4.98 Å². The molecule has 0 amide bonds. The van der Waals surface area contributed by atoms with Crippen molar-refractivity contribution in [2.75, 3.05) is 0 Å². The van der Waals surface area contributed by atoms with Crippen molar-refractivity contribution in [2.45, 2.75) is 0 Å². The third kappa shape index (κ3) is 1.93. The number of hydrogen-bond acceptors (Lipinski definition) is 2. The Labute approximate surface area is 93.5 Å². The maximum absolute atomic E-state index is 5.88. The van der Waals surface area contributed by atoms with Crippen molar-refractivity contribution >= 4 is 38.9 Å². The molecule has 2 aromatic rings. The van der Waals surface area contributed by atoms with Gasteiger partial charge in [0.25, 0.3) is 0 Å². The SMILES string of the molecule is Clc1cccc(-c2scnc2Br)c1. The van der Waals surface area contributed by atoms with Crippen LogP contribution in [0, 0.1) is 0 Å². The molecule has 1 aromatic heterocycles. The lowest BCUT2D eigenvalue weighted by Gasteiger charge is -1.97. The lowest BCUT2D eigenvalue weighted by Crippen LogP contribution is -1.73. The van der Waals surface area contributed by atoms with Crippen molar-refractivity contribution in [3.8, 4) is 10.4 Å². The van der Waals surface area contributed by atoms with Crippen LogP contribution in [0.25, 0.3) is 10.4 Å². The van der Waals surface area contributed by atoms with Crippen molar-refractivity contribution in [2.24, 2.45) is 0 Å². The minimum atomic E-state index is 0.748. The zero-order valence-electron chi connectivity index (χ0n) is 6.50. The van der Waals surface area contributed by atoms with E-state index in [9.17, 15) is 0 Å². The van der Waals surface area contributed by atoms with Crippen LogP contribution in [0.3, 0.4) is 0 Å². The summed E-state index contributed by atoms with van der Waals surface area (Å²) in [7, 11) is 0. The van der Waals surface area contributed by atoms with Crippen LogP contribution >= 0.6 is 38.9 Å². The van der Waals surface area contributed by atoms with E-state index >= 15 is 0 Å².